The Morgan fingerprint density at radius 1 is 1.40 bits per heavy atom. The maximum atomic E-state index is 12.4. The van der Waals surface area contributed by atoms with Crippen molar-refractivity contribution in [2.75, 3.05) is 23.7 Å². The molecule has 2 heterocycles. The number of aromatic nitrogens is 1. The normalized spacial score (nSPS) is 15.7. The molecule has 5 nitrogen and oxygen atoms in total. The highest BCUT2D eigenvalue weighted by atomic mass is 32.1. The molecule has 0 radical (unpaired) electrons. The lowest BCUT2D eigenvalue weighted by Gasteiger charge is -2.27. The van der Waals surface area contributed by atoms with Crippen LogP contribution in [0.3, 0.4) is 0 Å². The van der Waals surface area contributed by atoms with Gasteiger partial charge in [0.1, 0.15) is 10.7 Å². The van der Waals surface area contributed by atoms with Gasteiger partial charge in [0.2, 0.25) is 0 Å². The molecule has 1 aliphatic rings. The lowest BCUT2D eigenvalue weighted by Crippen LogP contribution is -2.44. The molecule has 0 atom stereocenters. The fraction of sp³-hybridized carbons (Fsp3) is 0.714. The number of rotatable bonds is 5. The number of carbonyl (C=O) groups excluding carboxylic acids is 1. The van der Waals surface area contributed by atoms with Crippen LogP contribution in [0.15, 0.2) is 0 Å². The summed E-state index contributed by atoms with van der Waals surface area (Å²) in [5, 5.41) is 3.96. The number of hydrogen-bond acceptors (Lipinski definition) is 5. The van der Waals surface area contributed by atoms with E-state index in [2.05, 4.69) is 36.0 Å². The number of nitrogens with two attached hydrogens (primary N) is 1. The van der Waals surface area contributed by atoms with Crippen molar-refractivity contribution >= 4 is 28.2 Å². The van der Waals surface area contributed by atoms with Gasteiger partial charge < -0.3 is 16.0 Å². The summed E-state index contributed by atoms with van der Waals surface area (Å²) in [4.78, 5) is 19.5. The average Bonchev–Trinajstić information content (AvgIpc) is 3.07. The summed E-state index contributed by atoms with van der Waals surface area (Å²) >= 11 is 1.40. The number of anilines is 2. The van der Waals surface area contributed by atoms with Crippen LogP contribution in [-0.2, 0) is 0 Å². The summed E-state index contributed by atoms with van der Waals surface area (Å²) in [6.45, 7) is 8.24. The van der Waals surface area contributed by atoms with Crippen LogP contribution >= 0.6 is 11.3 Å². The molecule has 0 aliphatic carbocycles. The van der Waals surface area contributed by atoms with Gasteiger partial charge in [-0.05, 0) is 32.6 Å². The fourth-order valence-corrected chi connectivity index (χ4v) is 3.22. The number of nitrogens with zero attached hydrogens (tertiary/aromatic N) is 2. The highest BCUT2D eigenvalue weighted by Crippen LogP contribution is 2.30. The quantitative estimate of drug-likeness (QED) is 0.876. The predicted octanol–water partition coefficient (Wildman–Crippen LogP) is 2.63. The highest BCUT2D eigenvalue weighted by Gasteiger charge is 2.26. The van der Waals surface area contributed by atoms with E-state index in [1.54, 1.807) is 0 Å². The molecule has 0 unspecified atom stereocenters. The molecule has 20 heavy (non-hydrogen) atoms. The predicted molar refractivity (Wildman–Crippen MR) is 84.4 cm³/mol. The van der Waals surface area contributed by atoms with Crippen molar-refractivity contribution in [1.29, 1.82) is 0 Å². The van der Waals surface area contributed by atoms with Crippen LogP contribution in [-0.4, -0.2) is 29.5 Å². The van der Waals surface area contributed by atoms with Crippen LogP contribution in [0.1, 0.15) is 56.1 Å². The zero-order valence-corrected chi connectivity index (χ0v) is 13.3. The molecule has 1 aromatic heterocycles. The number of thiazole rings is 1. The van der Waals surface area contributed by atoms with Gasteiger partial charge in [-0.3, -0.25) is 4.79 Å². The summed E-state index contributed by atoms with van der Waals surface area (Å²) < 4.78 is 0. The molecular formula is C14H24N4OS. The second kappa shape index (κ2) is 5.99. The van der Waals surface area contributed by atoms with Crippen molar-refractivity contribution in [3.8, 4) is 0 Å². The largest absolute Gasteiger partial charge is 0.382 e. The molecule has 0 saturated carbocycles. The Balaban J connectivity index is 2.14. The van der Waals surface area contributed by atoms with Gasteiger partial charge in [-0.1, -0.05) is 25.2 Å². The van der Waals surface area contributed by atoms with Crippen LogP contribution in [0, 0.1) is 0 Å². The van der Waals surface area contributed by atoms with Gasteiger partial charge in [0.25, 0.3) is 5.91 Å². The number of amides is 1. The summed E-state index contributed by atoms with van der Waals surface area (Å²) in [5.74, 6) is 0.251. The van der Waals surface area contributed by atoms with Gasteiger partial charge in [0.15, 0.2) is 5.13 Å². The van der Waals surface area contributed by atoms with E-state index in [4.69, 9.17) is 5.73 Å². The number of nitrogens with one attached hydrogen (secondary N) is 1. The number of carbonyl (C=O) groups is 1. The third-order valence-corrected chi connectivity index (χ3v) is 5.33. The fourth-order valence-electron chi connectivity index (χ4n) is 2.28. The molecule has 1 saturated heterocycles. The Hall–Kier alpha value is -1.30. The van der Waals surface area contributed by atoms with Gasteiger partial charge in [-0.15, -0.1) is 0 Å². The van der Waals surface area contributed by atoms with Crippen molar-refractivity contribution in [1.82, 2.24) is 10.3 Å². The van der Waals surface area contributed by atoms with E-state index in [1.807, 2.05) is 0 Å². The van der Waals surface area contributed by atoms with E-state index >= 15 is 0 Å². The molecule has 3 N–H and O–H groups in total. The van der Waals surface area contributed by atoms with Crippen LogP contribution in [0.25, 0.3) is 0 Å². The molecule has 0 spiro atoms. The van der Waals surface area contributed by atoms with E-state index in [0.29, 0.717) is 10.7 Å². The van der Waals surface area contributed by atoms with Gasteiger partial charge in [0.05, 0.1) is 0 Å². The molecule has 0 bridgehead atoms. The minimum absolute atomic E-state index is 0.100. The van der Waals surface area contributed by atoms with Gasteiger partial charge >= 0.3 is 0 Å². The SMILES string of the molecule is CCC(C)(CC)NC(=O)c1sc(N2CCCC2)nc1N. The van der Waals surface area contributed by atoms with Crippen molar-refractivity contribution in [3.63, 3.8) is 0 Å². The Kier molecular flexibility index (Phi) is 4.52. The third kappa shape index (κ3) is 3.06. The second-order valence-electron chi connectivity index (χ2n) is 5.63. The molecule has 0 aromatic carbocycles. The highest BCUT2D eigenvalue weighted by molar-refractivity contribution is 7.18. The minimum atomic E-state index is -0.179. The van der Waals surface area contributed by atoms with Crippen molar-refractivity contribution in [2.24, 2.45) is 0 Å². The van der Waals surface area contributed by atoms with Gasteiger partial charge in [0, 0.05) is 18.6 Å². The van der Waals surface area contributed by atoms with Crippen LogP contribution in [0.4, 0.5) is 10.9 Å². The van der Waals surface area contributed by atoms with Gasteiger partial charge in [-0.2, -0.15) is 0 Å². The van der Waals surface area contributed by atoms with E-state index < -0.39 is 0 Å². The van der Waals surface area contributed by atoms with Crippen LogP contribution in [0.5, 0.6) is 0 Å². The first kappa shape index (κ1) is 15.1. The Morgan fingerprint density at radius 3 is 2.55 bits per heavy atom. The maximum absolute atomic E-state index is 12.4. The Bertz CT molecular complexity index is 476. The summed E-state index contributed by atoms with van der Waals surface area (Å²) in [6, 6.07) is 0. The van der Waals surface area contributed by atoms with Gasteiger partial charge in [-0.25, -0.2) is 4.98 Å². The maximum Gasteiger partial charge on any atom is 0.265 e. The van der Waals surface area contributed by atoms with E-state index in [0.717, 1.165) is 31.1 Å². The smallest absolute Gasteiger partial charge is 0.265 e. The molecule has 1 aliphatic heterocycles. The van der Waals surface area contributed by atoms with Crippen LogP contribution < -0.4 is 16.0 Å². The lowest BCUT2D eigenvalue weighted by atomic mass is 9.95. The van der Waals surface area contributed by atoms with E-state index in [1.165, 1.54) is 24.2 Å². The van der Waals surface area contributed by atoms with E-state index in [-0.39, 0.29) is 11.4 Å². The lowest BCUT2D eigenvalue weighted by molar-refractivity contribution is 0.0906. The van der Waals surface area contributed by atoms with Crippen LogP contribution in [0.2, 0.25) is 0 Å². The zero-order chi connectivity index (χ0) is 14.8. The average molecular weight is 296 g/mol. The molecule has 112 valence electrons. The Morgan fingerprint density at radius 2 is 2.00 bits per heavy atom. The minimum Gasteiger partial charge on any atom is -0.382 e. The Labute approximate surface area is 124 Å². The number of nitrogen functional groups attached to an aromatic ring is 1. The monoisotopic (exact) mass is 296 g/mol. The molecule has 1 fully saturated rings. The topological polar surface area (TPSA) is 71.2 Å². The molecular weight excluding hydrogens is 272 g/mol. The summed E-state index contributed by atoms with van der Waals surface area (Å²) in [5.41, 5.74) is 5.74. The first-order chi connectivity index (χ1) is 9.49. The zero-order valence-electron chi connectivity index (χ0n) is 12.5. The van der Waals surface area contributed by atoms with Crippen molar-refractivity contribution < 1.29 is 4.79 Å². The molecule has 6 heteroatoms. The second-order valence-corrected chi connectivity index (χ2v) is 6.60. The van der Waals surface area contributed by atoms with E-state index in [9.17, 15) is 4.79 Å². The molecule has 1 aromatic rings. The summed E-state index contributed by atoms with van der Waals surface area (Å²) in [7, 11) is 0. The standard InChI is InChI=1S/C14H24N4OS/c1-4-14(3,5-2)17-12(19)10-11(15)16-13(20-10)18-8-6-7-9-18/h4-9,15H2,1-3H3,(H,17,19). The number of hydrogen-bond donors (Lipinski definition) is 2. The molecule has 2 rings (SSSR count). The first-order valence-electron chi connectivity index (χ1n) is 7.33. The molecule has 1 amide bonds. The van der Waals surface area contributed by atoms with Crippen molar-refractivity contribution in [2.45, 2.75) is 52.0 Å². The first-order valence-corrected chi connectivity index (χ1v) is 8.14. The summed E-state index contributed by atoms with van der Waals surface area (Å²) in [6.07, 6.45) is 4.16. The van der Waals surface area contributed by atoms with Crippen molar-refractivity contribution in [3.05, 3.63) is 4.88 Å². The third-order valence-electron chi connectivity index (χ3n) is 4.20.